The third-order valence-electron chi connectivity index (χ3n) is 8.79. The maximum atomic E-state index is 13.5. The van der Waals surface area contributed by atoms with Crippen molar-refractivity contribution in [3.63, 3.8) is 0 Å². The van der Waals surface area contributed by atoms with Crippen LogP contribution < -0.4 is 0 Å². The number of carbonyl (C=O) groups excluding carboxylic acids is 4. The van der Waals surface area contributed by atoms with Gasteiger partial charge < -0.3 is 15.0 Å². The van der Waals surface area contributed by atoms with Crippen molar-refractivity contribution in [3.8, 4) is 0 Å². The van der Waals surface area contributed by atoms with Crippen LogP contribution in [0.4, 0.5) is 0 Å². The number of aldehydes is 1. The molecular formula is C22H28O6. The number of aliphatic hydroxyl groups excluding tert-OH is 1. The Hall–Kier alpha value is -1.66. The molecule has 152 valence electrons. The zero-order valence-corrected chi connectivity index (χ0v) is 16.4. The lowest BCUT2D eigenvalue weighted by Gasteiger charge is -2.58. The van der Waals surface area contributed by atoms with Gasteiger partial charge >= 0.3 is 0 Å². The average Bonchev–Trinajstić information content (AvgIpc) is 2.92. The van der Waals surface area contributed by atoms with E-state index >= 15 is 0 Å². The maximum absolute atomic E-state index is 13.5. The highest BCUT2D eigenvalue weighted by Crippen LogP contribution is 2.67. The Morgan fingerprint density at radius 3 is 2.64 bits per heavy atom. The molecule has 0 aromatic carbocycles. The van der Waals surface area contributed by atoms with Crippen molar-refractivity contribution in [1.82, 2.24) is 0 Å². The van der Waals surface area contributed by atoms with Gasteiger partial charge in [0.25, 0.3) is 0 Å². The second-order valence-corrected chi connectivity index (χ2v) is 9.69. The zero-order chi connectivity index (χ0) is 20.5. The highest BCUT2D eigenvalue weighted by molar-refractivity contribution is 5.96. The van der Waals surface area contributed by atoms with Gasteiger partial charge in [-0.05, 0) is 43.6 Å². The SMILES string of the molecule is C[C@]12CC(=O)[C@H]3[C@@H](CCC4=CC(=O)CC(C=O)[C@@]43C)[C@@H]1CC[C@]2(O)C(=O)CO. The van der Waals surface area contributed by atoms with Crippen LogP contribution in [0.15, 0.2) is 11.6 Å². The normalized spacial score (nSPS) is 47.6. The summed E-state index contributed by atoms with van der Waals surface area (Å²) < 4.78 is 0. The molecule has 3 saturated carbocycles. The largest absolute Gasteiger partial charge is 0.388 e. The molecule has 6 nitrogen and oxygen atoms in total. The summed E-state index contributed by atoms with van der Waals surface area (Å²) in [6, 6.07) is 0. The first-order chi connectivity index (χ1) is 13.1. The predicted octanol–water partition coefficient (Wildman–Crippen LogP) is 1.41. The van der Waals surface area contributed by atoms with Gasteiger partial charge in [-0.2, -0.15) is 0 Å². The summed E-state index contributed by atoms with van der Waals surface area (Å²) >= 11 is 0. The van der Waals surface area contributed by atoms with Crippen molar-refractivity contribution in [2.75, 3.05) is 6.61 Å². The van der Waals surface area contributed by atoms with Gasteiger partial charge in [0.05, 0.1) is 0 Å². The molecule has 0 spiro atoms. The summed E-state index contributed by atoms with van der Waals surface area (Å²) in [5, 5.41) is 20.6. The third-order valence-corrected chi connectivity index (χ3v) is 8.79. The van der Waals surface area contributed by atoms with E-state index in [0.717, 1.165) is 11.9 Å². The molecule has 0 bridgehead atoms. The van der Waals surface area contributed by atoms with Crippen molar-refractivity contribution in [1.29, 1.82) is 0 Å². The average molecular weight is 388 g/mol. The Balaban J connectivity index is 1.79. The molecule has 0 aliphatic heterocycles. The molecule has 4 aliphatic carbocycles. The first kappa shape index (κ1) is 19.6. The van der Waals surface area contributed by atoms with Crippen molar-refractivity contribution in [2.24, 2.45) is 34.5 Å². The van der Waals surface area contributed by atoms with Crippen molar-refractivity contribution >= 4 is 23.6 Å². The second-order valence-electron chi connectivity index (χ2n) is 9.69. The van der Waals surface area contributed by atoms with E-state index in [2.05, 4.69) is 0 Å². The topological polar surface area (TPSA) is 109 Å². The van der Waals surface area contributed by atoms with Gasteiger partial charge in [-0.25, -0.2) is 0 Å². The first-order valence-electron chi connectivity index (χ1n) is 10.2. The van der Waals surface area contributed by atoms with Crippen LogP contribution in [0.3, 0.4) is 0 Å². The molecule has 0 heterocycles. The number of ketones is 3. The zero-order valence-electron chi connectivity index (χ0n) is 16.4. The van der Waals surface area contributed by atoms with Crippen LogP contribution in [0.1, 0.15) is 52.4 Å². The summed E-state index contributed by atoms with van der Waals surface area (Å²) in [4.78, 5) is 49.8. The molecule has 3 fully saturated rings. The second kappa shape index (κ2) is 6.17. The smallest absolute Gasteiger partial charge is 0.190 e. The van der Waals surface area contributed by atoms with Crippen LogP contribution in [0.2, 0.25) is 0 Å². The van der Waals surface area contributed by atoms with Gasteiger partial charge in [-0.15, -0.1) is 0 Å². The first-order valence-corrected chi connectivity index (χ1v) is 10.2. The van der Waals surface area contributed by atoms with E-state index in [4.69, 9.17) is 0 Å². The van der Waals surface area contributed by atoms with E-state index in [-0.39, 0.29) is 48.6 Å². The molecule has 0 amide bonds. The van der Waals surface area contributed by atoms with E-state index in [1.54, 1.807) is 6.08 Å². The molecule has 4 aliphatic rings. The van der Waals surface area contributed by atoms with Gasteiger partial charge in [0, 0.05) is 35.5 Å². The molecule has 0 saturated heterocycles. The van der Waals surface area contributed by atoms with E-state index in [9.17, 15) is 29.4 Å². The predicted molar refractivity (Wildman–Crippen MR) is 99.1 cm³/mol. The van der Waals surface area contributed by atoms with Gasteiger partial charge in [-0.1, -0.05) is 19.4 Å². The van der Waals surface area contributed by atoms with Gasteiger partial charge in [-0.3, -0.25) is 14.4 Å². The van der Waals surface area contributed by atoms with E-state index in [0.29, 0.717) is 19.3 Å². The Bertz CT molecular complexity index is 799. The van der Waals surface area contributed by atoms with Crippen molar-refractivity contribution in [3.05, 3.63) is 11.6 Å². The number of allylic oxidation sites excluding steroid dienone is 1. The molecule has 1 unspecified atom stereocenters. The fourth-order valence-corrected chi connectivity index (χ4v) is 7.28. The van der Waals surface area contributed by atoms with E-state index in [1.807, 2.05) is 13.8 Å². The van der Waals surface area contributed by atoms with Gasteiger partial charge in [0.15, 0.2) is 11.6 Å². The Labute approximate surface area is 164 Å². The van der Waals surface area contributed by atoms with E-state index in [1.165, 1.54) is 0 Å². The summed E-state index contributed by atoms with van der Waals surface area (Å²) in [6.45, 7) is 3.02. The quantitative estimate of drug-likeness (QED) is 0.708. The molecule has 4 rings (SSSR count). The number of fused-ring (bicyclic) bond motifs is 5. The Morgan fingerprint density at radius 2 is 2.00 bits per heavy atom. The van der Waals surface area contributed by atoms with E-state index < -0.39 is 34.7 Å². The Morgan fingerprint density at radius 1 is 1.29 bits per heavy atom. The summed E-state index contributed by atoms with van der Waals surface area (Å²) in [5.74, 6) is -1.66. The highest BCUT2D eigenvalue weighted by Gasteiger charge is 2.69. The molecule has 0 radical (unpaired) electrons. The fraction of sp³-hybridized carbons (Fsp3) is 0.727. The molecule has 0 aromatic rings. The third kappa shape index (κ3) is 2.22. The van der Waals surface area contributed by atoms with Crippen molar-refractivity contribution < 1.29 is 29.4 Å². The molecule has 28 heavy (non-hydrogen) atoms. The lowest BCUT2D eigenvalue weighted by Crippen LogP contribution is -2.62. The number of rotatable bonds is 3. The number of Topliss-reactive ketones (excluding diaryl/α,β-unsaturated/α-hetero) is 2. The fourth-order valence-electron chi connectivity index (χ4n) is 7.28. The number of hydrogen-bond donors (Lipinski definition) is 2. The van der Waals surface area contributed by atoms with Crippen LogP contribution in [0.5, 0.6) is 0 Å². The number of hydrogen-bond acceptors (Lipinski definition) is 6. The van der Waals surface area contributed by atoms with Crippen LogP contribution in [-0.2, 0) is 19.2 Å². The van der Waals surface area contributed by atoms with Crippen LogP contribution >= 0.6 is 0 Å². The van der Waals surface area contributed by atoms with Gasteiger partial charge in [0.1, 0.15) is 24.3 Å². The van der Waals surface area contributed by atoms with Crippen LogP contribution in [-0.4, -0.2) is 46.1 Å². The minimum Gasteiger partial charge on any atom is -0.388 e. The Kier molecular flexibility index (Phi) is 4.33. The minimum atomic E-state index is -1.68. The van der Waals surface area contributed by atoms with Crippen LogP contribution in [0, 0.1) is 34.5 Å². The molecule has 2 N–H and O–H groups in total. The maximum Gasteiger partial charge on any atom is 0.190 e. The molecule has 0 aromatic heterocycles. The molecule has 7 atom stereocenters. The lowest BCUT2D eigenvalue weighted by atomic mass is 9.44. The monoisotopic (exact) mass is 388 g/mol. The highest BCUT2D eigenvalue weighted by atomic mass is 16.3. The van der Waals surface area contributed by atoms with Crippen LogP contribution in [0.25, 0.3) is 0 Å². The lowest BCUT2D eigenvalue weighted by molar-refractivity contribution is -0.172. The molecule has 6 heteroatoms. The summed E-state index contributed by atoms with van der Waals surface area (Å²) in [5.41, 5.74) is -2.35. The molecular weight excluding hydrogens is 360 g/mol. The van der Waals surface area contributed by atoms with Gasteiger partial charge in [0.2, 0.25) is 0 Å². The standard InChI is InChI=1S/C22H28O6/c1-20-9-17(26)19-15(16(20)5-6-22(20,28)18(27)11-24)4-3-12-7-14(25)8-13(10-23)21(12,19)2/h7,10,13,15-16,19,24,28H,3-6,8-9,11H2,1-2H3/t13?,15-,16-,19+,20-,21+,22-/m0/s1. The number of aliphatic hydroxyl groups is 2. The number of carbonyl (C=O) groups is 4. The minimum absolute atomic E-state index is 0.0287. The summed E-state index contributed by atoms with van der Waals surface area (Å²) in [6.07, 6.45) is 4.89. The summed E-state index contributed by atoms with van der Waals surface area (Å²) in [7, 11) is 0. The van der Waals surface area contributed by atoms with Crippen molar-refractivity contribution in [2.45, 2.75) is 58.0 Å².